The Morgan fingerprint density at radius 3 is 2.24 bits per heavy atom. The van der Waals surface area contributed by atoms with E-state index in [1.165, 1.54) is 0 Å². The van der Waals surface area contributed by atoms with Crippen LogP contribution in [0.3, 0.4) is 0 Å². The maximum Gasteiger partial charge on any atom is 0.257 e. The summed E-state index contributed by atoms with van der Waals surface area (Å²) in [4.78, 5) is 16.8. The Morgan fingerprint density at radius 1 is 1.19 bits per heavy atom. The van der Waals surface area contributed by atoms with Gasteiger partial charge in [-0.1, -0.05) is 6.92 Å². The summed E-state index contributed by atoms with van der Waals surface area (Å²) in [5.41, 5.74) is 1.66. The molecule has 0 aromatic carbocycles. The summed E-state index contributed by atoms with van der Waals surface area (Å²) in [5, 5.41) is 9.37. The lowest BCUT2D eigenvalue weighted by molar-refractivity contribution is 0.0470. The van der Waals surface area contributed by atoms with Gasteiger partial charge in [0.15, 0.2) is 0 Å². The number of carbonyl (C=O) groups excluding carboxylic acids is 1. The van der Waals surface area contributed by atoms with Gasteiger partial charge in [-0.2, -0.15) is 0 Å². The smallest absolute Gasteiger partial charge is 0.257 e. The summed E-state index contributed by atoms with van der Waals surface area (Å²) in [7, 11) is 0. The zero-order valence-corrected chi connectivity index (χ0v) is 13.5. The molecule has 1 fully saturated rings. The first kappa shape index (κ1) is 16.0. The normalized spacial score (nSPS) is 18.0. The Hall–Kier alpha value is -1.33. The van der Waals surface area contributed by atoms with Crippen LogP contribution in [0, 0.1) is 20.8 Å². The molecule has 0 aliphatic carbocycles. The molecule has 1 atom stereocenters. The second-order valence-electron chi connectivity index (χ2n) is 5.79. The van der Waals surface area contributed by atoms with Crippen molar-refractivity contribution < 1.29 is 14.3 Å². The van der Waals surface area contributed by atoms with E-state index in [1.54, 1.807) is 0 Å². The average Bonchev–Trinajstić information content (AvgIpc) is 2.73. The number of hydrogen-bond acceptors (Lipinski definition) is 4. The van der Waals surface area contributed by atoms with E-state index in [-0.39, 0.29) is 18.6 Å². The van der Waals surface area contributed by atoms with E-state index in [9.17, 15) is 9.90 Å². The third kappa shape index (κ3) is 3.14. The molecule has 1 unspecified atom stereocenters. The average molecular weight is 294 g/mol. The molecule has 5 heteroatoms. The molecule has 0 saturated carbocycles. The number of furan rings is 1. The van der Waals surface area contributed by atoms with Crippen LogP contribution < -0.4 is 0 Å². The molecule has 2 heterocycles. The van der Waals surface area contributed by atoms with E-state index in [0.717, 1.165) is 36.4 Å². The van der Waals surface area contributed by atoms with Crippen LogP contribution in [0.4, 0.5) is 0 Å². The maximum atomic E-state index is 12.7. The van der Waals surface area contributed by atoms with Crippen molar-refractivity contribution in [3.05, 3.63) is 22.6 Å². The van der Waals surface area contributed by atoms with Crippen LogP contribution in [-0.2, 0) is 0 Å². The lowest BCUT2D eigenvalue weighted by Gasteiger charge is -2.38. The number of carbonyl (C=O) groups is 1. The Kier molecular flexibility index (Phi) is 5.06. The molecule has 1 N–H and O–H groups in total. The minimum absolute atomic E-state index is 0.0681. The number of aliphatic hydroxyl groups excluding tert-OH is 1. The number of amides is 1. The van der Waals surface area contributed by atoms with Crippen molar-refractivity contribution in [2.24, 2.45) is 0 Å². The molecule has 1 aromatic heterocycles. The second kappa shape index (κ2) is 6.62. The number of aryl methyl sites for hydroxylation is 2. The highest BCUT2D eigenvalue weighted by Crippen LogP contribution is 2.23. The van der Waals surface area contributed by atoms with Crippen LogP contribution in [0.5, 0.6) is 0 Å². The second-order valence-corrected chi connectivity index (χ2v) is 5.79. The molecular formula is C16H26N2O3. The number of nitrogens with zero attached hydrogens (tertiary/aromatic N) is 2. The van der Waals surface area contributed by atoms with Gasteiger partial charge in [0.25, 0.3) is 5.91 Å². The van der Waals surface area contributed by atoms with Gasteiger partial charge in [-0.05, 0) is 27.2 Å². The van der Waals surface area contributed by atoms with E-state index in [0.29, 0.717) is 18.8 Å². The van der Waals surface area contributed by atoms with Crippen LogP contribution in [0.2, 0.25) is 0 Å². The van der Waals surface area contributed by atoms with Crippen molar-refractivity contribution in [2.75, 3.05) is 32.8 Å². The minimum atomic E-state index is 0.0681. The van der Waals surface area contributed by atoms with Gasteiger partial charge in [0.1, 0.15) is 11.5 Å². The van der Waals surface area contributed by atoms with Crippen molar-refractivity contribution in [1.82, 2.24) is 9.80 Å². The van der Waals surface area contributed by atoms with Crippen molar-refractivity contribution in [2.45, 2.75) is 40.2 Å². The van der Waals surface area contributed by atoms with Gasteiger partial charge >= 0.3 is 0 Å². The summed E-state index contributed by atoms with van der Waals surface area (Å²) in [5.74, 6) is 1.60. The predicted molar refractivity (Wildman–Crippen MR) is 81.6 cm³/mol. The van der Waals surface area contributed by atoms with Gasteiger partial charge < -0.3 is 14.4 Å². The number of piperazine rings is 1. The standard InChI is InChI=1S/C16H26N2O3/c1-5-14(10-19)17-6-8-18(9-7-17)16(20)15-11(2)12(3)21-13(15)4/h14,19H,5-10H2,1-4H3. The van der Waals surface area contributed by atoms with Crippen LogP contribution >= 0.6 is 0 Å². The highest BCUT2D eigenvalue weighted by molar-refractivity contribution is 5.97. The summed E-state index contributed by atoms with van der Waals surface area (Å²) in [6.07, 6.45) is 0.934. The first-order valence-corrected chi connectivity index (χ1v) is 7.70. The summed E-state index contributed by atoms with van der Waals surface area (Å²) in [6, 6.07) is 0.210. The van der Waals surface area contributed by atoms with Crippen molar-refractivity contribution in [3.8, 4) is 0 Å². The molecule has 0 bridgehead atoms. The monoisotopic (exact) mass is 294 g/mol. The number of hydrogen-bond donors (Lipinski definition) is 1. The van der Waals surface area contributed by atoms with E-state index >= 15 is 0 Å². The fourth-order valence-corrected chi connectivity index (χ4v) is 3.06. The van der Waals surface area contributed by atoms with Gasteiger partial charge in [-0.25, -0.2) is 0 Å². The van der Waals surface area contributed by atoms with Gasteiger partial charge in [0, 0.05) is 37.8 Å². The molecule has 0 spiro atoms. The van der Waals surface area contributed by atoms with Gasteiger partial charge in [-0.3, -0.25) is 9.69 Å². The molecule has 1 amide bonds. The number of aliphatic hydroxyl groups is 1. The van der Waals surface area contributed by atoms with Crippen molar-refractivity contribution in [3.63, 3.8) is 0 Å². The molecule has 5 nitrogen and oxygen atoms in total. The Balaban J connectivity index is 2.03. The first-order chi connectivity index (χ1) is 9.99. The zero-order chi connectivity index (χ0) is 15.6. The van der Waals surface area contributed by atoms with Crippen LogP contribution in [0.15, 0.2) is 4.42 Å². The summed E-state index contributed by atoms with van der Waals surface area (Å²) < 4.78 is 5.56. The molecular weight excluding hydrogens is 268 g/mol. The van der Waals surface area contributed by atoms with E-state index in [1.807, 2.05) is 25.7 Å². The SMILES string of the molecule is CCC(CO)N1CCN(C(=O)c2c(C)oc(C)c2C)CC1. The molecule has 2 rings (SSSR count). The molecule has 1 aliphatic rings. The summed E-state index contributed by atoms with van der Waals surface area (Å²) >= 11 is 0. The molecule has 1 saturated heterocycles. The van der Waals surface area contributed by atoms with Gasteiger partial charge in [-0.15, -0.1) is 0 Å². The first-order valence-electron chi connectivity index (χ1n) is 7.70. The van der Waals surface area contributed by atoms with Gasteiger partial charge in [0.05, 0.1) is 12.2 Å². The molecule has 21 heavy (non-hydrogen) atoms. The van der Waals surface area contributed by atoms with Crippen molar-refractivity contribution >= 4 is 5.91 Å². The highest BCUT2D eigenvalue weighted by atomic mass is 16.3. The molecule has 0 radical (unpaired) electrons. The number of rotatable bonds is 4. The molecule has 118 valence electrons. The Labute approximate surface area is 126 Å². The summed E-state index contributed by atoms with van der Waals surface area (Å²) in [6.45, 7) is 11.0. The Bertz CT molecular complexity index is 498. The third-order valence-electron chi connectivity index (χ3n) is 4.58. The van der Waals surface area contributed by atoms with Crippen LogP contribution in [-0.4, -0.2) is 59.6 Å². The van der Waals surface area contributed by atoms with E-state index < -0.39 is 0 Å². The Morgan fingerprint density at radius 2 is 1.81 bits per heavy atom. The zero-order valence-electron chi connectivity index (χ0n) is 13.5. The lowest BCUT2D eigenvalue weighted by atomic mass is 10.1. The lowest BCUT2D eigenvalue weighted by Crippen LogP contribution is -2.52. The molecule has 1 aromatic rings. The predicted octanol–water partition coefficient (Wildman–Crippen LogP) is 1.73. The van der Waals surface area contributed by atoms with Crippen LogP contribution in [0.1, 0.15) is 40.8 Å². The highest BCUT2D eigenvalue weighted by Gasteiger charge is 2.28. The van der Waals surface area contributed by atoms with Crippen LogP contribution in [0.25, 0.3) is 0 Å². The quantitative estimate of drug-likeness (QED) is 0.919. The van der Waals surface area contributed by atoms with E-state index in [2.05, 4.69) is 11.8 Å². The molecule has 1 aliphatic heterocycles. The van der Waals surface area contributed by atoms with Crippen molar-refractivity contribution in [1.29, 1.82) is 0 Å². The fraction of sp³-hybridized carbons (Fsp3) is 0.688. The third-order valence-corrected chi connectivity index (χ3v) is 4.58. The minimum Gasteiger partial charge on any atom is -0.466 e. The maximum absolute atomic E-state index is 12.7. The largest absolute Gasteiger partial charge is 0.466 e. The van der Waals surface area contributed by atoms with E-state index in [4.69, 9.17) is 4.42 Å². The van der Waals surface area contributed by atoms with Gasteiger partial charge in [0.2, 0.25) is 0 Å². The topological polar surface area (TPSA) is 56.9 Å². The fourth-order valence-electron chi connectivity index (χ4n) is 3.06.